The third-order valence-corrected chi connectivity index (χ3v) is 9.24. The van der Waals surface area contributed by atoms with Gasteiger partial charge in [0.1, 0.15) is 17.4 Å². The topological polar surface area (TPSA) is 114 Å². The second-order valence-electron chi connectivity index (χ2n) is 12.2. The first-order valence-corrected chi connectivity index (χ1v) is 16.2. The van der Waals surface area contributed by atoms with Crippen LogP contribution in [0, 0.1) is 22.6 Å². The summed E-state index contributed by atoms with van der Waals surface area (Å²) in [6.45, 7) is 10.1. The number of benzene rings is 1. The molecular weight excluding hydrogens is 543 g/mol. The number of likely N-dealkylation sites (tertiary alicyclic amines) is 1. The number of H-pyrrole nitrogens is 1. The SMILES string of the molecule is CCCN/C=C(\C=N)c1[nH]c(-c2ccc(F)cc2)nc1[C@H](CCCCCC(=O)CC)NC(=O)C1CC12CCN(CC)CC2. The molecule has 4 rings (SSSR count). The molecule has 2 atom stereocenters. The molecule has 8 nitrogen and oxygen atoms in total. The highest BCUT2D eigenvalue weighted by atomic mass is 19.1. The van der Waals surface area contributed by atoms with E-state index in [0.29, 0.717) is 42.0 Å². The molecule has 1 aliphatic carbocycles. The molecule has 4 N–H and O–H groups in total. The van der Waals surface area contributed by atoms with Gasteiger partial charge in [0, 0.05) is 48.9 Å². The molecule has 1 aromatic carbocycles. The number of nitrogens with one attached hydrogen (secondary N) is 4. The maximum Gasteiger partial charge on any atom is 0.224 e. The largest absolute Gasteiger partial charge is 0.390 e. The van der Waals surface area contributed by atoms with Gasteiger partial charge < -0.3 is 25.9 Å². The first-order chi connectivity index (χ1) is 20.8. The van der Waals surface area contributed by atoms with Crippen molar-refractivity contribution >= 4 is 23.5 Å². The van der Waals surface area contributed by atoms with Gasteiger partial charge >= 0.3 is 0 Å². The highest BCUT2D eigenvalue weighted by molar-refractivity contribution is 6.08. The molecule has 1 saturated carbocycles. The van der Waals surface area contributed by atoms with Crippen molar-refractivity contribution in [3.05, 3.63) is 47.7 Å². The number of imidazole rings is 1. The van der Waals surface area contributed by atoms with E-state index in [9.17, 15) is 14.0 Å². The Hall–Kier alpha value is -3.33. The summed E-state index contributed by atoms with van der Waals surface area (Å²) in [6.07, 6.45) is 11.5. The van der Waals surface area contributed by atoms with Gasteiger partial charge in [-0.15, -0.1) is 0 Å². The molecule has 9 heteroatoms. The lowest BCUT2D eigenvalue weighted by Crippen LogP contribution is -2.37. The maximum atomic E-state index is 13.8. The van der Waals surface area contributed by atoms with Crippen molar-refractivity contribution in [1.82, 2.24) is 25.5 Å². The fraction of sp³-hybridized carbons (Fsp3) is 0.588. The smallest absolute Gasteiger partial charge is 0.224 e. The average Bonchev–Trinajstić information content (AvgIpc) is 3.54. The van der Waals surface area contributed by atoms with E-state index in [0.717, 1.165) is 76.7 Å². The van der Waals surface area contributed by atoms with Gasteiger partial charge in [0.2, 0.25) is 5.91 Å². The van der Waals surface area contributed by atoms with Crippen LogP contribution in [0.5, 0.6) is 0 Å². The van der Waals surface area contributed by atoms with Crippen LogP contribution in [0.4, 0.5) is 4.39 Å². The van der Waals surface area contributed by atoms with Crippen molar-refractivity contribution < 1.29 is 14.0 Å². The Bertz CT molecular complexity index is 1260. The number of aromatic nitrogens is 2. The molecule has 1 aliphatic heterocycles. The summed E-state index contributed by atoms with van der Waals surface area (Å²) in [5.41, 5.74) is 2.82. The number of Topliss-reactive ketones (excluding diaryl/α,β-unsaturated/α-hetero) is 1. The van der Waals surface area contributed by atoms with Crippen molar-refractivity contribution in [2.45, 2.75) is 91.0 Å². The molecule has 2 heterocycles. The van der Waals surface area contributed by atoms with E-state index in [1.807, 2.05) is 13.1 Å². The second kappa shape index (κ2) is 15.4. The minimum atomic E-state index is -0.363. The minimum absolute atomic E-state index is 0.0131. The van der Waals surface area contributed by atoms with Gasteiger partial charge in [-0.1, -0.05) is 33.6 Å². The molecule has 1 unspecified atom stereocenters. The van der Waals surface area contributed by atoms with Crippen LogP contribution in [0.15, 0.2) is 30.5 Å². The minimum Gasteiger partial charge on any atom is -0.390 e. The molecular formula is C34H49FN6O2. The Balaban J connectivity index is 1.61. The summed E-state index contributed by atoms with van der Waals surface area (Å²) >= 11 is 0. The zero-order valence-corrected chi connectivity index (χ0v) is 26.1. The highest BCUT2D eigenvalue weighted by Crippen LogP contribution is 2.59. The van der Waals surface area contributed by atoms with Gasteiger partial charge in [0.15, 0.2) is 0 Å². The normalized spacial score (nSPS) is 18.8. The van der Waals surface area contributed by atoms with E-state index >= 15 is 0 Å². The van der Waals surface area contributed by atoms with Crippen LogP contribution < -0.4 is 10.6 Å². The molecule has 2 aromatic rings. The van der Waals surface area contributed by atoms with E-state index in [-0.39, 0.29) is 34.9 Å². The van der Waals surface area contributed by atoms with Crippen molar-refractivity contribution in [2.24, 2.45) is 11.3 Å². The van der Waals surface area contributed by atoms with Crippen LogP contribution in [-0.2, 0) is 9.59 Å². The maximum absolute atomic E-state index is 13.8. The average molecular weight is 593 g/mol. The Kier molecular flexibility index (Phi) is 11.7. The van der Waals surface area contributed by atoms with Crippen molar-refractivity contribution in [1.29, 1.82) is 5.41 Å². The van der Waals surface area contributed by atoms with Crippen molar-refractivity contribution in [3.63, 3.8) is 0 Å². The predicted molar refractivity (Wildman–Crippen MR) is 170 cm³/mol. The van der Waals surface area contributed by atoms with E-state index in [1.165, 1.54) is 18.3 Å². The Labute approximate surface area is 255 Å². The lowest BCUT2D eigenvalue weighted by atomic mass is 9.90. The first-order valence-electron chi connectivity index (χ1n) is 16.2. The molecule has 0 bridgehead atoms. The zero-order chi connectivity index (χ0) is 30.8. The summed E-state index contributed by atoms with van der Waals surface area (Å²) in [5, 5.41) is 14.8. The molecule has 1 saturated heterocycles. The number of carbonyl (C=O) groups excluding carboxylic acids is 2. The Morgan fingerprint density at radius 2 is 1.91 bits per heavy atom. The van der Waals surface area contributed by atoms with Gasteiger partial charge in [0.25, 0.3) is 0 Å². The van der Waals surface area contributed by atoms with Crippen LogP contribution in [0.1, 0.15) is 102 Å². The highest BCUT2D eigenvalue weighted by Gasteiger charge is 2.58. The van der Waals surface area contributed by atoms with Gasteiger partial charge in [0.05, 0.1) is 17.4 Å². The molecule has 234 valence electrons. The van der Waals surface area contributed by atoms with Gasteiger partial charge in [-0.25, -0.2) is 9.37 Å². The van der Waals surface area contributed by atoms with Crippen LogP contribution in [0.25, 0.3) is 17.0 Å². The van der Waals surface area contributed by atoms with Crippen molar-refractivity contribution in [2.75, 3.05) is 26.2 Å². The number of amides is 1. The molecule has 43 heavy (non-hydrogen) atoms. The van der Waals surface area contributed by atoms with Crippen LogP contribution >= 0.6 is 0 Å². The summed E-state index contributed by atoms with van der Waals surface area (Å²) in [5.74, 6) is 0.610. The standard InChI is InChI=1S/C34H49FN6O2/c1-4-18-37-23-25(22-36)30-31(40-32(39-30)24-12-14-26(35)15-13-24)29(11-9-7-8-10-27(42)5-2)38-33(43)28-21-34(28)16-19-41(6-3)20-17-34/h12-15,22-23,28-29,36-37H,4-11,16-21H2,1-3H3,(H,38,43)(H,39,40)/b25-23+,36-22?/t28?,29-/m0/s1. The Morgan fingerprint density at radius 3 is 2.56 bits per heavy atom. The van der Waals surface area contributed by atoms with Gasteiger partial charge in [-0.05, 0) is 87.8 Å². The van der Waals surface area contributed by atoms with E-state index in [2.05, 4.69) is 34.4 Å². The number of ketones is 1. The lowest BCUT2D eigenvalue weighted by Gasteiger charge is -2.32. The van der Waals surface area contributed by atoms with E-state index in [4.69, 9.17) is 10.4 Å². The van der Waals surface area contributed by atoms with Crippen LogP contribution in [0.2, 0.25) is 0 Å². The third kappa shape index (κ3) is 8.40. The van der Waals surface area contributed by atoms with Crippen LogP contribution in [0.3, 0.4) is 0 Å². The van der Waals surface area contributed by atoms with E-state index in [1.54, 1.807) is 12.1 Å². The fourth-order valence-electron chi connectivity index (χ4n) is 6.28. The summed E-state index contributed by atoms with van der Waals surface area (Å²) < 4.78 is 13.7. The predicted octanol–water partition coefficient (Wildman–Crippen LogP) is 6.41. The Morgan fingerprint density at radius 1 is 1.16 bits per heavy atom. The van der Waals surface area contributed by atoms with Crippen molar-refractivity contribution in [3.8, 4) is 11.4 Å². The van der Waals surface area contributed by atoms with E-state index < -0.39 is 0 Å². The van der Waals surface area contributed by atoms with Gasteiger partial charge in [-0.2, -0.15) is 0 Å². The number of allylic oxidation sites excluding steroid dienone is 1. The molecule has 2 fully saturated rings. The number of nitrogens with zero attached hydrogens (tertiary/aromatic N) is 2. The zero-order valence-electron chi connectivity index (χ0n) is 26.1. The fourth-order valence-corrected chi connectivity index (χ4v) is 6.28. The molecule has 0 radical (unpaired) electrons. The monoisotopic (exact) mass is 592 g/mol. The molecule has 2 aliphatic rings. The summed E-state index contributed by atoms with van der Waals surface area (Å²) in [4.78, 5) is 36.4. The summed E-state index contributed by atoms with van der Waals surface area (Å²) in [6, 6.07) is 5.80. The summed E-state index contributed by atoms with van der Waals surface area (Å²) in [7, 11) is 0. The second-order valence-corrected chi connectivity index (χ2v) is 12.2. The molecule has 1 aromatic heterocycles. The number of carbonyl (C=O) groups is 2. The molecule has 1 spiro atoms. The lowest BCUT2D eigenvalue weighted by molar-refractivity contribution is -0.124. The quantitative estimate of drug-likeness (QED) is 0.125. The van der Waals surface area contributed by atoms with Gasteiger partial charge in [-0.3, -0.25) is 9.59 Å². The van der Waals surface area contributed by atoms with Crippen LogP contribution in [-0.4, -0.2) is 59.0 Å². The third-order valence-electron chi connectivity index (χ3n) is 9.24. The number of halogens is 1. The number of hydrogen-bond donors (Lipinski definition) is 4. The number of aromatic amines is 1. The molecule has 1 amide bonds. The number of hydrogen-bond acceptors (Lipinski definition) is 6. The number of unbranched alkanes of at least 4 members (excludes halogenated alkanes) is 2. The first kappa shape index (κ1) is 32.6. The number of piperidine rings is 1. The number of rotatable bonds is 17.